The first-order valence-electron chi connectivity index (χ1n) is 5.37. The first kappa shape index (κ1) is 9.38. The Kier molecular flexibility index (Phi) is 2.92. The number of hydrogen-bond acceptors (Lipinski definition) is 2. The Morgan fingerprint density at radius 1 is 1.07 bits per heavy atom. The van der Waals surface area contributed by atoms with Crippen LogP contribution in [0.3, 0.4) is 0 Å². The fourth-order valence-corrected chi connectivity index (χ4v) is 1.89. The Bertz CT molecular complexity index is 309. The van der Waals surface area contributed by atoms with E-state index in [4.69, 9.17) is 10.5 Å². The van der Waals surface area contributed by atoms with Gasteiger partial charge in [-0.1, -0.05) is 12.8 Å². The smallest absolute Gasteiger partial charge is 0.122 e. The maximum atomic E-state index is 5.76. The summed E-state index contributed by atoms with van der Waals surface area (Å²) in [5.74, 6) is 1.03. The van der Waals surface area contributed by atoms with Gasteiger partial charge in [-0.3, -0.25) is 0 Å². The van der Waals surface area contributed by atoms with Gasteiger partial charge in [0, 0.05) is 5.69 Å². The minimum atomic E-state index is 0.839. The second-order valence-electron chi connectivity index (χ2n) is 3.88. The van der Waals surface area contributed by atoms with Gasteiger partial charge in [0.15, 0.2) is 0 Å². The van der Waals surface area contributed by atoms with E-state index in [2.05, 4.69) is 0 Å². The number of aryl methyl sites for hydroxylation is 1. The first-order valence-corrected chi connectivity index (χ1v) is 5.37. The molecule has 1 aliphatic rings. The molecule has 0 fully saturated rings. The minimum Gasteiger partial charge on any atom is -0.493 e. The largest absolute Gasteiger partial charge is 0.493 e. The number of hydrogen-bond donors (Lipinski definition) is 1. The number of rotatable bonds is 0. The van der Waals surface area contributed by atoms with Crippen molar-refractivity contribution in [1.82, 2.24) is 0 Å². The third-order valence-corrected chi connectivity index (χ3v) is 2.68. The summed E-state index contributed by atoms with van der Waals surface area (Å²) in [5, 5.41) is 0. The highest BCUT2D eigenvalue weighted by atomic mass is 16.5. The van der Waals surface area contributed by atoms with E-state index in [9.17, 15) is 0 Å². The summed E-state index contributed by atoms with van der Waals surface area (Å²) in [6.45, 7) is 0.844. The molecule has 0 radical (unpaired) electrons. The lowest BCUT2D eigenvalue weighted by molar-refractivity contribution is 0.306. The molecule has 2 N–H and O–H groups in total. The summed E-state index contributed by atoms with van der Waals surface area (Å²) < 4.78 is 5.71. The summed E-state index contributed by atoms with van der Waals surface area (Å²) in [6.07, 6.45) is 6.10. The van der Waals surface area contributed by atoms with E-state index in [1.807, 2.05) is 18.2 Å². The maximum absolute atomic E-state index is 5.76. The predicted octanol–water partition coefficient (Wildman–Crippen LogP) is 2.76. The molecule has 2 heteroatoms. The Morgan fingerprint density at radius 2 is 1.93 bits per heavy atom. The van der Waals surface area contributed by atoms with Crippen molar-refractivity contribution in [3.63, 3.8) is 0 Å². The molecule has 0 bridgehead atoms. The van der Waals surface area contributed by atoms with Gasteiger partial charge in [-0.05, 0) is 43.0 Å². The number of anilines is 1. The zero-order valence-corrected chi connectivity index (χ0v) is 8.46. The molecule has 0 aliphatic carbocycles. The highest BCUT2D eigenvalue weighted by Crippen LogP contribution is 2.25. The summed E-state index contributed by atoms with van der Waals surface area (Å²) in [6, 6.07) is 5.95. The standard InChI is InChI=1S/C12H17NO/c13-11-6-7-12-10(9-11)5-3-1-2-4-8-14-12/h6-7,9H,1-5,8,13H2. The lowest BCUT2D eigenvalue weighted by atomic mass is 10.1. The molecular weight excluding hydrogens is 174 g/mol. The SMILES string of the molecule is Nc1ccc2c(c1)CCCCCCO2. The Hall–Kier alpha value is -1.18. The molecule has 0 unspecified atom stereocenters. The molecule has 0 atom stereocenters. The quantitative estimate of drug-likeness (QED) is 0.640. The average molecular weight is 191 g/mol. The molecular formula is C12H17NO. The number of fused-ring (bicyclic) bond motifs is 1. The van der Waals surface area contributed by atoms with Crippen molar-refractivity contribution < 1.29 is 4.74 Å². The van der Waals surface area contributed by atoms with Crippen molar-refractivity contribution in [3.8, 4) is 5.75 Å². The second kappa shape index (κ2) is 4.36. The van der Waals surface area contributed by atoms with E-state index in [0.717, 1.165) is 24.5 Å². The molecule has 1 aromatic rings. The van der Waals surface area contributed by atoms with Gasteiger partial charge in [0.2, 0.25) is 0 Å². The van der Waals surface area contributed by atoms with Crippen LogP contribution in [0.25, 0.3) is 0 Å². The van der Waals surface area contributed by atoms with Gasteiger partial charge >= 0.3 is 0 Å². The lowest BCUT2D eigenvalue weighted by Crippen LogP contribution is -1.99. The van der Waals surface area contributed by atoms with Crippen molar-refractivity contribution in [2.75, 3.05) is 12.3 Å². The summed E-state index contributed by atoms with van der Waals surface area (Å²) in [5.41, 5.74) is 7.87. The number of ether oxygens (including phenoxy) is 1. The topological polar surface area (TPSA) is 35.2 Å². The molecule has 0 amide bonds. The molecule has 2 nitrogen and oxygen atoms in total. The average Bonchev–Trinajstić information content (AvgIpc) is 2.29. The lowest BCUT2D eigenvalue weighted by Gasteiger charge is -2.09. The van der Waals surface area contributed by atoms with Crippen LogP contribution in [-0.2, 0) is 6.42 Å². The molecule has 0 spiro atoms. The summed E-state index contributed by atoms with van der Waals surface area (Å²) in [4.78, 5) is 0. The second-order valence-corrected chi connectivity index (χ2v) is 3.88. The zero-order valence-electron chi connectivity index (χ0n) is 8.46. The van der Waals surface area contributed by atoms with Crippen LogP contribution in [0.4, 0.5) is 5.69 Å². The van der Waals surface area contributed by atoms with Crippen LogP contribution >= 0.6 is 0 Å². The molecule has 1 heterocycles. The Labute approximate surface area is 85.1 Å². The van der Waals surface area contributed by atoms with Gasteiger partial charge in [-0.2, -0.15) is 0 Å². The van der Waals surface area contributed by atoms with Gasteiger partial charge in [0.05, 0.1) is 6.61 Å². The van der Waals surface area contributed by atoms with Crippen molar-refractivity contribution in [2.45, 2.75) is 32.1 Å². The van der Waals surface area contributed by atoms with Gasteiger partial charge in [0.25, 0.3) is 0 Å². The van der Waals surface area contributed by atoms with Crippen LogP contribution < -0.4 is 10.5 Å². The molecule has 76 valence electrons. The van der Waals surface area contributed by atoms with Crippen molar-refractivity contribution in [3.05, 3.63) is 23.8 Å². The summed E-state index contributed by atoms with van der Waals surface area (Å²) in [7, 11) is 0. The predicted molar refractivity (Wildman–Crippen MR) is 58.5 cm³/mol. The van der Waals surface area contributed by atoms with E-state index >= 15 is 0 Å². The van der Waals surface area contributed by atoms with Crippen LogP contribution in [0.5, 0.6) is 5.75 Å². The highest BCUT2D eigenvalue weighted by Gasteiger charge is 2.06. The molecule has 2 rings (SSSR count). The van der Waals surface area contributed by atoms with E-state index in [-0.39, 0.29) is 0 Å². The van der Waals surface area contributed by atoms with Crippen LogP contribution in [0.2, 0.25) is 0 Å². The fourth-order valence-electron chi connectivity index (χ4n) is 1.89. The van der Waals surface area contributed by atoms with Gasteiger partial charge in [-0.15, -0.1) is 0 Å². The molecule has 14 heavy (non-hydrogen) atoms. The minimum absolute atomic E-state index is 0.839. The van der Waals surface area contributed by atoms with Crippen LogP contribution in [0.15, 0.2) is 18.2 Å². The van der Waals surface area contributed by atoms with Crippen LogP contribution in [0, 0.1) is 0 Å². The fraction of sp³-hybridized carbons (Fsp3) is 0.500. The van der Waals surface area contributed by atoms with Crippen molar-refractivity contribution in [1.29, 1.82) is 0 Å². The molecule has 0 aromatic heterocycles. The number of benzene rings is 1. The van der Waals surface area contributed by atoms with E-state index in [1.54, 1.807) is 0 Å². The van der Waals surface area contributed by atoms with Crippen molar-refractivity contribution >= 4 is 5.69 Å². The normalized spacial score (nSPS) is 17.1. The monoisotopic (exact) mass is 191 g/mol. The van der Waals surface area contributed by atoms with E-state index in [0.29, 0.717) is 0 Å². The highest BCUT2D eigenvalue weighted by molar-refractivity contribution is 5.47. The molecule has 1 aliphatic heterocycles. The molecule has 0 saturated heterocycles. The third-order valence-electron chi connectivity index (χ3n) is 2.68. The number of nitrogens with two attached hydrogens (primary N) is 1. The van der Waals surface area contributed by atoms with E-state index in [1.165, 1.54) is 31.2 Å². The molecule has 1 aromatic carbocycles. The Balaban J connectivity index is 2.22. The van der Waals surface area contributed by atoms with Crippen LogP contribution in [-0.4, -0.2) is 6.61 Å². The van der Waals surface area contributed by atoms with Gasteiger partial charge < -0.3 is 10.5 Å². The van der Waals surface area contributed by atoms with Gasteiger partial charge in [-0.25, -0.2) is 0 Å². The third kappa shape index (κ3) is 2.19. The maximum Gasteiger partial charge on any atom is 0.122 e. The van der Waals surface area contributed by atoms with Crippen LogP contribution in [0.1, 0.15) is 31.2 Å². The number of nitrogen functional groups attached to an aromatic ring is 1. The van der Waals surface area contributed by atoms with Gasteiger partial charge in [0.1, 0.15) is 5.75 Å². The Morgan fingerprint density at radius 3 is 2.86 bits per heavy atom. The molecule has 0 saturated carbocycles. The zero-order chi connectivity index (χ0) is 9.80. The first-order chi connectivity index (χ1) is 6.86. The van der Waals surface area contributed by atoms with E-state index < -0.39 is 0 Å². The van der Waals surface area contributed by atoms with Crippen molar-refractivity contribution in [2.24, 2.45) is 0 Å². The summed E-state index contributed by atoms with van der Waals surface area (Å²) >= 11 is 0.